The monoisotopic (exact) mass is 303 g/mol. The zero-order valence-electron chi connectivity index (χ0n) is 10.1. The molecule has 0 saturated carbocycles. The zero-order valence-corrected chi connectivity index (χ0v) is 10.9. The predicted molar refractivity (Wildman–Crippen MR) is 65.9 cm³/mol. The van der Waals surface area contributed by atoms with Crippen LogP contribution in [0.15, 0.2) is 24.3 Å². The molecule has 20 heavy (non-hydrogen) atoms. The maximum Gasteiger partial charge on any atom is 0.573 e. The number of rotatable bonds is 3. The minimum atomic E-state index is -4.77. The molecule has 1 aromatic heterocycles. The molecule has 0 atom stereocenters. The lowest BCUT2D eigenvalue weighted by Crippen LogP contribution is -2.17. The predicted octanol–water partition coefficient (Wildman–Crippen LogP) is 3.72. The van der Waals surface area contributed by atoms with Crippen molar-refractivity contribution in [2.45, 2.75) is 13.3 Å². The highest BCUT2D eigenvalue weighted by Gasteiger charge is 2.31. The first kappa shape index (κ1) is 14.3. The maximum absolute atomic E-state index is 12.1. The van der Waals surface area contributed by atoms with Gasteiger partial charge in [0.05, 0.1) is 0 Å². The van der Waals surface area contributed by atoms with Crippen molar-refractivity contribution < 1.29 is 27.8 Å². The first-order chi connectivity index (χ1) is 9.26. The molecular formula is C12H8F3NO3S. The Morgan fingerprint density at radius 2 is 2.10 bits per heavy atom. The van der Waals surface area contributed by atoms with Crippen LogP contribution in [0.1, 0.15) is 15.4 Å². The summed E-state index contributed by atoms with van der Waals surface area (Å²) in [7, 11) is 0. The van der Waals surface area contributed by atoms with E-state index in [0.717, 1.165) is 23.5 Å². The van der Waals surface area contributed by atoms with Crippen LogP contribution in [0.2, 0.25) is 0 Å². The molecule has 8 heteroatoms. The number of nitrogens with zero attached hydrogens (tertiary/aromatic N) is 1. The van der Waals surface area contributed by atoms with Crippen LogP contribution in [-0.4, -0.2) is 22.4 Å². The van der Waals surface area contributed by atoms with Crippen LogP contribution in [0, 0.1) is 6.92 Å². The largest absolute Gasteiger partial charge is 0.573 e. The van der Waals surface area contributed by atoms with E-state index in [1.807, 2.05) is 0 Å². The minimum absolute atomic E-state index is 0.104. The average molecular weight is 303 g/mol. The standard InChI is InChI=1S/C12H8F3NO3S/c1-6-9(11(17)18)16-10(20-6)7-3-2-4-8(5-7)19-12(13,14)15/h2-5H,1H3,(H,17,18). The van der Waals surface area contributed by atoms with Gasteiger partial charge in [0.15, 0.2) is 5.69 Å². The summed E-state index contributed by atoms with van der Waals surface area (Å²) in [4.78, 5) is 15.3. The molecule has 0 aliphatic rings. The quantitative estimate of drug-likeness (QED) is 0.939. The number of halogens is 3. The first-order valence-corrected chi connectivity index (χ1v) is 6.15. The van der Waals surface area contributed by atoms with Gasteiger partial charge in [-0.15, -0.1) is 24.5 Å². The number of carbonyl (C=O) groups is 1. The van der Waals surface area contributed by atoms with Crippen molar-refractivity contribution in [1.82, 2.24) is 4.98 Å². The smallest absolute Gasteiger partial charge is 0.476 e. The number of aryl methyl sites for hydroxylation is 1. The van der Waals surface area contributed by atoms with Gasteiger partial charge in [-0.25, -0.2) is 9.78 Å². The fourth-order valence-corrected chi connectivity index (χ4v) is 2.45. The Labute approximate surface area is 115 Å². The Morgan fingerprint density at radius 3 is 2.65 bits per heavy atom. The third-order valence-electron chi connectivity index (χ3n) is 2.31. The number of ether oxygens (including phenoxy) is 1. The molecule has 0 amide bonds. The van der Waals surface area contributed by atoms with Crippen LogP contribution in [0.25, 0.3) is 10.6 Å². The molecule has 0 aliphatic heterocycles. The third kappa shape index (κ3) is 3.27. The molecule has 4 nitrogen and oxygen atoms in total. The summed E-state index contributed by atoms with van der Waals surface area (Å²) in [6.07, 6.45) is -4.77. The number of hydrogen-bond acceptors (Lipinski definition) is 4. The van der Waals surface area contributed by atoms with Gasteiger partial charge in [-0.05, 0) is 19.1 Å². The summed E-state index contributed by atoms with van der Waals surface area (Å²) in [5.74, 6) is -1.55. The molecule has 0 radical (unpaired) electrons. The summed E-state index contributed by atoms with van der Waals surface area (Å²) >= 11 is 1.09. The molecule has 0 unspecified atom stereocenters. The van der Waals surface area contributed by atoms with E-state index in [9.17, 15) is 18.0 Å². The first-order valence-electron chi connectivity index (χ1n) is 5.33. The van der Waals surface area contributed by atoms with E-state index in [1.54, 1.807) is 6.92 Å². The summed E-state index contributed by atoms with van der Waals surface area (Å²) < 4.78 is 40.2. The van der Waals surface area contributed by atoms with Crippen molar-refractivity contribution in [2.24, 2.45) is 0 Å². The normalized spacial score (nSPS) is 11.4. The van der Waals surface area contributed by atoms with Crippen LogP contribution in [-0.2, 0) is 0 Å². The van der Waals surface area contributed by atoms with E-state index in [2.05, 4.69) is 9.72 Å². The van der Waals surface area contributed by atoms with E-state index in [1.165, 1.54) is 12.1 Å². The molecule has 2 rings (SSSR count). The van der Waals surface area contributed by atoms with Gasteiger partial charge in [0.1, 0.15) is 10.8 Å². The number of carboxylic acid groups (broad SMARTS) is 1. The van der Waals surface area contributed by atoms with Crippen molar-refractivity contribution in [1.29, 1.82) is 0 Å². The van der Waals surface area contributed by atoms with Gasteiger partial charge in [-0.3, -0.25) is 0 Å². The van der Waals surface area contributed by atoms with E-state index in [4.69, 9.17) is 5.11 Å². The molecule has 1 N–H and O–H groups in total. The van der Waals surface area contributed by atoms with Crippen LogP contribution in [0.5, 0.6) is 5.75 Å². The lowest BCUT2D eigenvalue weighted by atomic mass is 10.2. The summed E-state index contributed by atoms with van der Waals surface area (Å²) in [5, 5.41) is 9.23. The Kier molecular flexibility index (Phi) is 3.67. The molecule has 0 bridgehead atoms. The van der Waals surface area contributed by atoms with E-state index in [-0.39, 0.29) is 11.4 Å². The molecule has 106 valence electrons. The molecule has 0 spiro atoms. The van der Waals surface area contributed by atoms with Crippen molar-refractivity contribution in [3.8, 4) is 16.3 Å². The van der Waals surface area contributed by atoms with Crippen LogP contribution in [0.4, 0.5) is 13.2 Å². The summed E-state index contributed by atoms with van der Waals surface area (Å²) in [6, 6.07) is 5.24. The number of benzene rings is 1. The van der Waals surface area contributed by atoms with Gasteiger partial charge < -0.3 is 9.84 Å². The molecule has 0 saturated heterocycles. The minimum Gasteiger partial charge on any atom is -0.476 e. The molecule has 0 aliphatic carbocycles. The highest BCUT2D eigenvalue weighted by Crippen LogP contribution is 2.31. The fraction of sp³-hybridized carbons (Fsp3) is 0.167. The number of carboxylic acids is 1. The molecule has 1 aromatic carbocycles. The molecular weight excluding hydrogens is 295 g/mol. The Hall–Kier alpha value is -2.09. The zero-order chi connectivity index (χ0) is 14.9. The average Bonchev–Trinajstić information content (AvgIpc) is 2.69. The summed E-state index contributed by atoms with van der Waals surface area (Å²) in [6.45, 7) is 1.58. The second kappa shape index (κ2) is 5.12. The van der Waals surface area contributed by atoms with E-state index >= 15 is 0 Å². The van der Waals surface area contributed by atoms with Crippen molar-refractivity contribution in [3.05, 3.63) is 34.8 Å². The highest BCUT2D eigenvalue weighted by molar-refractivity contribution is 7.15. The Morgan fingerprint density at radius 1 is 1.40 bits per heavy atom. The summed E-state index contributed by atoms with van der Waals surface area (Å²) in [5.41, 5.74) is 0.263. The number of aromatic nitrogens is 1. The van der Waals surface area contributed by atoms with Crippen molar-refractivity contribution >= 4 is 17.3 Å². The van der Waals surface area contributed by atoms with Crippen LogP contribution in [0.3, 0.4) is 0 Å². The van der Waals surface area contributed by atoms with Gasteiger partial charge in [0.2, 0.25) is 0 Å². The number of aromatic carboxylic acids is 1. The molecule has 2 aromatic rings. The van der Waals surface area contributed by atoms with Crippen LogP contribution >= 0.6 is 11.3 Å². The lowest BCUT2D eigenvalue weighted by molar-refractivity contribution is -0.274. The van der Waals surface area contributed by atoms with Gasteiger partial charge in [0, 0.05) is 10.4 Å². The second-order valence-electron chi connectivity index (χ2n) is 3.80. The topological polar surface area (TPSA) is 59.4 Å². The van der Waals surface area contributed by atoms with E-state index < -0.39 is 12.3 Å². The van der Waals surface area contributed by atoms with Gasteiger partial charge in [-0.2, -0.15) is 0 Å². The number of thiazole rings is 1. The Balaban J connectivity index is 2.36. The number of hydrogen-bond donors (Lipinski definition) is 1. The van der Waals surface area contributed by atoms with Gasteiger partial charge >= 0.3 is 12.3 Å². The van der Waals surface area contributed by atoms with Crippen molar-refractivity contribution in [3.63, 3.8) is 0 Å². The lowest BCUT2D eigenvalue weighted by Gasteiger charge is -2.09. The highest BCUT2D eigenvalue weighted by atomic mass is 32.1. The van der Waals surface area contributed by atoms with Crippen molar-refractivity contribution in [2.75, 3.05) is 0 Å². The fourth-order valence-electron chi connectivity index (χ4n) is 1.54. The maximum atomic E-state index is 12.1. The second-order valence-corrected chi connectivity index (χ2v) is 5.01. The SMILES string of the molecule is Cc1sc(-c2cccc(OC(F)(F)F)c2)nc1C(=O)O. The van der Waals surface area contributed by atoms with E-state index in [0.29, 0.717) is 15.4 Å². The van der Waals surface area contributed by atoms with Gasteiger partial charge in [-0.1, -0.05) is 12.1 Å². The van der Waals surface area contributed by atoms with Crippen LogP contribution < -0.4 is 4.74 Å². The number of alkyl halides is 3. The van der Waals surface area contributed by atoms with Gasteiger partial charge in [0.25, 0.3) is 0 Å². The Bertz CT molecular complexity index is 652. The third-order valence-corrected chi connectivity index (χ3v) is 3.33. The molecule has 0 fully saturated rings. The molecule has 1 heterocycles.